The fraction of sp³-hybridized carbons (Fsp3) is 0.389. The number of anilines is 1. The summed E-state index contributed by atoms with van der Waals surface area (Å²) in [7, 11) is 2.80. The Bertz CT molecular complexity index is 716. The minimum absolute atomic E-state index is 0.233. The largest absolute Gasteiger partial charge is 0.480 e. The van der Waals surface area contributed by atoms with Crippen molar-refractivity contribution in [3.05, 3.63) is 47.7 Å². The van der Waals surface area contributed by atoms with Crippen LogP contribution in [-0.4, -0.2) is 61.2 Å². The van der Waals surface area contributed by atoms with Crippen molar-refractivity contribution in [3.63, 3.8) is 0 Å². The summed E-state index contributed by atoms with van der Waals surface area (Å²) in [6.07, 6.45) is 1.46. The van der Waals surface area contributed by atoms with Crippen LogP contribution in [0.15, 0.2) is 36.5 Å². The lowest BCUT2D eigenvalue weighted by Gasteiger charge is -2.34. The molecule has 3 rings (SSSR count). The molecule has 0 saturated carbocycles. The third kappa shape index (κ3) is 4.06. The minimum Gasteiger partial charge on any atom is -0.480 e. The normalized spacial score (nSPS) is 15.0. The lowest BCUT2D eigenvalue weighted by Crippen LogP contribution is -2.46. The summed E-state index contributed by atoms with van der Waals surface area (Å²) < 4.78 is 9.93. The van der Waals surface area contributed by atoms with Gasteiger partial charge < -0.3 is 14.4 Å². The van der Waals surface area contributed by atoms with Crippen LogP contribution in [0.4, 0.5) is 5.95 Å². The van der Waals surface area contributed by atoms with Crippen molar-refractivity contribution in [2.75, 3.05) is 45.3 Å². The van der Waals surface area contributed by atoms with Gasteiger partial charge in [0.15, 0.2) is 0 Å². The lowest BCUT2D eigenvalue weighted by molar-refractivity contribution is 0.0595. The molecule has 2 aromatic rings. The highest BCUT2D eigenvalue weighted by Crippen LogP contribution is 2.20. The van der Waals surface area contributed by atoms with Gasteiger partial charge in [-0.1, -0.05) is 30.3 Å². The molecular formula is C18H22N4O3. The molecule has 1 aromatic heterocycles. The molecule has 132 valence electrons. The number of piperazine rings is 1. The predicted molar refractivity (Wildman–Crippen MR) is 93.9 cm³/mol. The van der Waals surface area contributed by atoms with Crippen molar-refractivity contribution in [2.24, 2.45) is 0 Å². The van der Waals surface area contributed by atoms with E-state index in [1.807, 2.05) is 6.07 Å². The average molecular weight is 342 g/mol. The first-order chi connectivity index (χ1) is 12.2. The Labute approximate surface area is 147 Å². The number of carbonyl (C=O) groups excluding carboxylic acids is 1. The fourth-order valence-electron chi connectivity index (χ4n) is 2.86. The van der Waals surface area contributed by atoms with Crippen LogP contribution >= 0.6 is 0 Å². The molecule has 0 bridgehead atoms. The number of methoxy groups -OCH3 is 2. The Kier molecular flexibility index (Phi) is 5.45. The zero-order valence-corrected chi connectivity index (χ0v) is 14.5. The van der Waals surface area contributed by atoms with E-state index >= 15 is 0 Å². The maximum Gasteiger partial charge on any atom is 0.344 e. The summed E-state index contributed by atoms with van der Waals surface area (Å²) in [6, 6.07) is 10.4. The van der Waals surface area contributed by atoms with Crippen molar-refractivity contribution in [1.82, 2.24) is 14.9 Å². The number of hydrogen-bond donors (Lipinski definition) is 0. The molecule has 0 spiro atoms. The third-order valence-corrected chi connectivity index (χ3v) is 4.24. The summed E-state index contributed by atoms with van der Waals surface area (Å²) in [6.45, 7) is 4.46. The van der Waals surface area contributed by atoms with Crippen LogP contribution in [0.5, 0.6) is 5.88 Å². The van der Waals surface area contributed by atoms with Crippen LogP contribution in [0.3, 0.4) is 0 Å². The Morgan fingerprint density at radius 1 is 1.12 bits per heavy atom. The molecule has 1 fully saturated rings. The number of benzene rings is 1. The smallest absolute Gasteiger partial charge is 0.344 e. The summed E-state index contributed by atoms with van der Waals surface area (Å²) in [5, 5.41) is 0. The van der Waals surface area contributed by atoms with E-state index in [9.17, 15) is 4.79 Å². The van der Waals surface area contributed by atoms with Crippen LogP contribution in [-0.2, 0) is 11.3 Å². The molecule has 0 N–H and O–H groups in total. The van der Waals surface area contributed by atoms with Gasteiger partial charge in [-0.25, -0.2) is 9.78 Å². The number of nitrogens with zero attached hydrogens (tertiary/aromatic N) is 4. The van der Waals surface area contributed by atoms with E-state index < -0.39 is 5.97 Å². The first kappa shape index (κ1) is 17.2. The van der Waals surface area contributed by atoms with Gasteiger partial charge in [0, 0.05) is 32.7 Å². The average Bonchev–Trinajstić information content (AvgIpc) is 2.68. The van der Waals surface area contributed by atoms with E-state index in [-0.39, 0.29) is 11.4 Å². The van der Waals surface area contributed by atoms with Crippen molar-refractivity contribution < 1.29 is 14.3 Å². The second-order valence-corrected chi connectivity index (χ2v) is 5.83. The van der Waals surface area contributed by atoms with E-state index in [0.29, 0.717) is 5.95 Å². The number of rotatable bonds is 5. The number of esters is 1. The molecule has 7 heteroatoms. The van der Waals surface area contributed by atoms with Gasteiger partial charge in [0.2, 0.25) is 11.8 Å². The molecule has 0 radical (unpaired) electrons. The van der Waals surface area contributed by atoms with Gasteiger partial charge in [-0.2, -0.15) is 4.98 Å². The Hall–Kier alpha value is -2.67. The van der Waals surface area contributed by atoms with E-state index in [1.54, 1.807) is 0 Å². The molecule has 7 nitrogen and oxygen atoms in total. The molecule has 1 saturated heterocycles. The molecule has 0 amide bonds. The molecule has 0 unspecified atom stereocenters. The van der Waals surface area contributed by atoms with Gasteiger partial charge in [-0.3, -0.25) is 4.90 Å². The second-order valence-electron chi connectivity index (χ2n) is 5.83. The quantitative estimate of drug-likeness (QED) is 0.765. The summed E-state index contributed by atoms with van der Waals surface area (Å²) >= 11 is 0. The number of hydrogen-bond acceptors (Lipinski definition) is 7. The van der Waals surface area contributed by atoms with Gasteiger partial charge in [0.25, 0.3) is 0 Å². The minimum atomic E-state index is -0.504. The fourth-order valence-corrected chi connectivity index (χ4v) is 2.86. The SMILES string of the molecule is COC(=O)c1cnc(N2CCN(Cc3ccccc3)CC2)nc1OC. The van der Waals surface area contributed by atoms with Crippen molar-refractivity contribution in [2.45, 2.75) is 6.54 Å². The number of carbonyl (C=O) groups is 1. The predicted octanol–water partition coefficient (Wildman–Crippen LogP) is 1.59. The van der Waals surface area contributed by atoms with Crippen LogP contribution in [0.25, 0.3) is 0 Å². The molecule has 1 aromatic carbocycles. The maximum absolute atomic E-state index is 11.7. The van der Waals surface area contributed by atoms with Crippen molar-refractivity contribution in [1.29, 1.82) is 0 Å². The summed E-state index contributed by atoms with van der Waals surface area (Å²) in [5.41, 5.74) is 1.55. The first-order valence-electron chi connectivity index (χ1n) is 8.22. The van der Waals surface area contributed by atoms with E-state index in [2.05, 4.69) is 44.0 Å². The van der Waals surface area contributed by atoms with Gasteiger partial charge in [-0.05, 0) is 5.56 Å². The number of ether oxygens (including phenoxy) is 2. The summed E-state index contributed by atoms with van der Waals surface area (Å²) in [5.74, 6) is 0.309. The molecule has 0 aliphatic carbocycles. The Balaban J connectivity index is 1.63. The van der Waals surface area contributed by atoms with Crippen LogP contribution in [0, 0.1) is 0 Å². The topological polar surface area (TPSA) is 67.8 Å². The molecule has 2 heterocycles. The van der Waals surface area contributed by atoms with E-state index in [1.165, 1.54) is 26.0 Å². The van der Waals surface area contributed by atoms with Crippen LogP contribution in [0.1, 0.15) is 15.9 Å². The zero-order chi connectivity index (χ0) is 17.6. The third-order valence-electron chi connectivity index (χ3n) is 4.24. The molecule has 25 heavy (non-hydrogen) atoms. The lowest BCUT2D eigenvalue weighted by atomic mass is 10.2. The molecular weight excluding hydrogens is 320 g/mol. The zero-order valence-electron chi connectivity index (χ0n) is 14.5. The van der Waals surface area contributed by atoms with Gasteiger partial charge in [0.05, 0.1) is 20.4 Å². The standard InChI is InChI=1S/C18H22N4O3/c1-24-16-15(17(23)25-2)12-19-18(20-16)22-10-8-21(9-11-22)13-14-6-4-3-5-7-14/h3-7,12H,8-11,13H2,1-2H3. The van der Waals surface area contributed by atoms with Gasteiger partial charge in [-0.15, -0.1) is 0 Å². The number of aromatic nitrogens is 2. The highest BCUT2D eigenvalue weighted by Gasteiger charge is 2.22. The van der Waals surface area contributed by atoms with Gasteiger partial charge >= 0.3 is 5.97 Å². The molecule has 0 atom stereocenters. The van der Waals surface area contributed by atoms with Crippen LogP contribution in [0.2, 0.25) is 0 Å². The molecule has 1 aliphatic rings. The van der Waals surface area contributed by atoms with Gasteiger partial charge in [0.1, 0.15) is 5.56 Å². The monoisotopic (exact) mass is 342 g/mol. The highest BCUT2D eigenvalue weighted by molar-refractivity contribution is 5.91. The van der Waals surface area contributed by atoms with E-state index in [0.717, 1.165) is 32.7 Å². The Morgan fingerprint density at radius 3 is 2.48 bits per heavy atom. The van der Waals surface area contributed by atoms with Crippen LogP contribution < -0.4 is 9.64 Å². The van der Waals surface area contributed by atoms with E-state index in [4.69, 9.17) is 9.47 Å². The van der Waals surface area contributed by atoms with Crippen molar-refractivity contribution >= 4 is 11.9 Å². The Morgan fingerprint density at radius 2 is 1.84 bits per heavy atom. The van der Waals surface area contributed by atoms with Crippen molar-refractivity contribution in [3.8, 4) is 5.88 Å². The molecule has 1 aliphatic heterocycles. The highest BCUT2D eigenvalue weighted by atomic mass is 16.5. The first-order valence-corrected chi connectivity index (χ1v) is 8.22. The second kappa shape index (κ2) is 7.94. The summed E-state index contributed by atoms with van der Waals surface area (Å²) in [4.78, 5) is 24.9. The maximum atomic E-state index is 11.7.